The lowest BCUT2D eigenvalue weighted by Crippen LogP contribution is -2.46. The first-order valence-electron chi connectivity index (χ1n) is 8.94. The van der Waals surface area contributed by atoms with Gasteiger partial charge in [-0.25, -0.2) is 0 Å². The average molecular weight is 363 g/mol. The lowest BCUT2D eigenvalue weighted by atomic mass is 10.2. The summed E-state index contributed by atoms with van der Waals surface area (Å²) >= 11 is 0. The van der Waals surface area contributed by atoms with Crippen LogP contribution in [0.15, 0.2) is 18.2 Å². The predicted molar refractivity (Wildman–Crippen MR) is 95.5 cm³/mol. The number of morpholine rings is 1. The van der Waals surface area contributed by atoms with E-state index in [0.29, 0.717) is 56.6 Å². The monoisotopic (exact) mass is 363 g/mol. The molecule has 142 valence electrons. The number of anilines is 1. The molecule has 0 spiro atoms. The molecule has 3 rings (SSSR count). The second kappa shape index (κ2) is 8.86. The van der Waals surface area contributed by atoms with Gasteiger partial charge in [0.15, 0.2) is 11.5 Å². The zero-order chi connectivity index (χ0) is 18.4. The Morgan fingerprint density at radius 2 is 2.04 bits per heavy atom. The number of fused-ring (bicyclic) bond motifs is 1. The van der Waals surface area contributed by atoms with Crippen molar-refractivity contribution < 1.29 is 23.8 Å². The third-order valence-electron chi connectivity index (χ3n) is 4.31. The second-order valence-corrected chi connectivity index (χ2v) is 6.24. The Hall–Kier alpha value is -2.32. The van der Waals surface area contributed by atoms with Gasteiger partial charge in [0, 0.05) is 37.3 Å². The Bertz CT molecular complexity index is 646. The summed E-state index contributed by atoms with van der Waals surface area (Å²) in [5.41, 5.74) is 0.616. The quantitative estimate of drug-likeness (QED) is 0.770. The van der Waals surface area contributed by atoms with Crippen molar-refractivity contribution in [2.45, 2.75) is 19.4 Å². The molecule has 1 unspecified atom stereocenters. The van der Waals surface area contributed by atoms with E-state index in [0.717, 1.165) is 6.54 Å². The number of nitrogens with one attached hydrogen (secondary N) is 2. The van der Waals surface area contributed by atoms with Gasteiger partial charge in [0.2, 0.25) is 11.8 Å². The molecule has 8 heteroatoms. The molecular weight excluding hydrogens is 338 g/mol. The van der Waals surface area contributed by atoms with Gasteiger partial charge in [-0.3, -0.25) is 9.59 Å². The number of hydrogen-bond acceptors (Lipinski definition) is 6. The summed E-state index contributed by atoms with van der Waals surface area (Å²) < 4.78 is 16.3. The summed E-state index contributed by atoms with van der Waals surface area (Å²) in [5, 5.41) is 6.06. The zero-order valence-electron chi connectivity index (χ0n) is 15.0. The first-order valence-corrected chi connectivity index (χ1v) is 8.94. The number of hydrogen-bond donors (Lipinski definition) is 2. The molecule has 2 N–H and O–H groups in total. The van der Waals surface area contributed by atoms with Crippen molar-refractivity contribution in [1.82, 2.24) is 10.2 Å². The molecule has 0 saturated carbocycles. The lowest BCUT2D eigenvalue weighted by molar-refractivity contribution is -0.135. The van der Waals surface area contributed by atoms with Crippen molar-refractivity contribution in [1.29, 1.82) is 0 Å². The Labute approximate surface area is 152 Å². The number of benzene rings is 1. The molecule has 2 heterocycles. The molecule has 1 atom stereocenters. The number of carbonyl (C=O) groups excluding carboxylic acids is 2. The summed E-state index contributed by atoms with van der Waals surface area (Å²) in [7, 11) is 0. The topological polar surface area (TPSA) is 89.1 Å². The zero-order valence-corrected chi connectivity index (χ0v) is 15.0. The maximum atomic E-state index is 12.4. The normalized spacial score (nSPS) is 18.9. The van der Waals surface area contributed by atoms with Crippen molar-refractivity contribution in [3.05, 3.63) is 18.2 Å². The molecule has 1 aromatic rings. The molecule has 1 aromatic carbocycles. The molecule has 0 bridgehead atoms. The largest absolute Gasteiger partial charge is 0.486 e. The third-order valence-corrected chi connectivity index (χ3v) is 4.31. The molecule has 0 aromatic heterocycles. The van der Waals surface area contributed by atoms with E-state index in [4.69, 9.17) is 14.2 Å². The van der Waals surface area contributed by atoms with Crippen molar-refractivity contribution >= 4 is 17.5 Å². The molecule has 1 saturated heterocycles. The standard InChI is InChI=1S/C18H25N3O5/c1-2-21(18(23)10-14-12-24-6-5-19-14)11-17(22)20-13-3-4-15-16(9-13)26-8-7-25-15/h3-4,9,14,19H,2,5-8,10-12H2,1H3,(H,20,22). The molecule has 26 heavy (non-hydrogen) atoms. The van der Waals surface area contributed by atoms with Gasteiger partial charge in [0.05, 0.1) is 19.8 Å². The number of nitrogens with zero attached hydrogens (tertiary/aromatic N) is 1. The van der Waals surface area contributed by atoms with Gasteiger partial charge in [-0.05, 0) is 19.1 Å². The second-order valence-electron chi connectivity index (χ2n) is 6.24. The Morgan fingerprint density at radius 3 is 2.77 bits per heavy atom. The smallest absolute Gasteiger partial charge is 0.243 e. The van der Waals surface area contributed by atoms with Crippen LogP contribution in [0.2, 0.25) is 0 Å². The van der Waals surface area contributed by atoms with Crippen molar-refractivity contribution in [2.24, 2.45) is 0 Å². The minimum atomic E-state index is -0.246. The van der Waals surface area contributed by atoms with Gasteiger partial charge in [-0.2, -0.15) is 0 Å². The minimum absolute atomic E-state index is 0.00570. The summed E-state index contributed by atoms with van der Waals surface area (Å²) in [6.45, 7) is 5.29. The van der Waals surface area contributed by atoms with Crippen molar-refractivity contribution in [2.75, 3.05) is 51.4 Å². The molecule has 8 nitrogen and oxygen atoms in total. The SMILES string of the molecule is CCN(CC(=O)Nc1ccc2c(c1)OCCO2)C(=O)CC1COCCN1. The maximum absolute atomic E-state index is 12.4. The molecular formula is C18H25N3O5. The van der Waals surface area contributed by atoms with E-state index < -0.39 is 0 Å². The number of amides is 2. The number of likely N-dealkylation sites (N-methyl/N-ethyl adjacent to an activating group) is 1. The van der Waals surface area contributed by atoms with Crippen LogP contribution in [0, 0.1) is 0 Å². The highest BCUT2D eigenvalue weighted by Gasteiger charge is 2.22. The fraction of sp³-hybridized carbons (Fsp3) is 0.556. The van der Waals surface area contributed by atoms with Crippen LogP contribution in [0.3, 0.4) is 0 Å². The maximum Gasteiger partial charge on any atom is 0.243 e. The van der Waals surface area contributed by atoms with Gasteiger partial charge in [-0.1, -0.05) is 0 Å². The Morgan fingerprint density at radius 1 is 1.23 bits per heavy atom. The van der Waals surface area contributed by atoms with E-state index in [1.807, 2.05) is 6.92 Å². The predicted octanol–water partition coefficient (Wildman–Crippen LogP) is 0.623. The minimum Gasteiger partial charge on any atom is -0.486 e. The summed E-state index contributed by atoms with van der Waals surface area (Å²) in [5.74, 6) is 0.972. The van der Waals surface area contributed by atoms with E-state index in [1.165, 1.54) is 0 Å². The summed E-state index contributed by atoms with van der Waals surface area (Å²) in [6, 6.07) is 5.26. The van der Waals surface area contributed by atoms with Crippen LogP contribution in [0.25, 0.3) is 0 Å². The van der Waals surface area contributed by atoms with Gasteiger partial charge in [-0.15, -0.1) is 0 Å². The molecule has 2 aliphatic heterocycles. The van der Waals surface area contributed by atoms with E-state index in [9.17, 15) is 9.59 Å². The highest BCUT2D eigenvalue weighted by molar-refractivity contribution is 5.94. The van der Waals surface area contributed by atoms with Gasteiger partial charge < -0.3 is 29.7 Å². The molecule has 0 aliphatic carbocycles. The van der Waals surface area contributed by atoms with Gasteiger partial charge >= 0.3 is 0 Å². The fourth-order valence-corrected chi connectivity index (χ4v) is 2.96. The Balaban J connectivity index is 1.52. The van der Waals surface area contributed by atoms with Crippen LogP contribution in [0.5, 0.6) is 11.5 Å². The molecule has 0 radical (unpaired) electrons. The summed E-state index contributed by atoms with van der Waals surface area (Å²) in [4.78, 5) is 26.3. The van der Waals surface area contributed by atoms with E-state index in [-0.39, 0.29) is 24.4 Å². The average Bonchev–Trinajstić information content (AvgIpc) is 2.66. The Kier molecular flexibility index (Phi) is 6.30. The number of rotatable bonds is 6. The van der Waals surface area contributed by atoms with Crippen LogP contribution in [-0.2, 0) is 14.3 Å². The third kappa shape index (κ3) is 4.86. The lowest BCUT2D eigenvalue weighted by Gasteiger charge is -2.27. The van der Waals surface area contributed by atoms with Crippen molar-refractivity contribution in [3.63, 3.8) is 0 Å². The van der Waals surface area contributed by atoms with E-state index in [1.54, 1.807) is 23.1 Å². The van der Waals surface area contributed by atoms with Gasteiger partial charge in [0.25, 0.3) is 0 Å². The van der Waals surface area contributed by atoms with Crippen molar-refractivity contribution in [3.8, 4) is 11.5 Å². The summed E-state index contributed by atoms with van der Waals surface area (Å²) in [6.07, 6.45) is 0.325. The van der Waals surface area contributed by atoms with Crippen LogP contribution < -0.4 is 20.1 Å². The molecule has 2 amide bonds. The van der Waals surface area contributed by atoms with Crippen LogP contribution >= 0.6 is 0 Å². The first kappa shape index (κ1) is 18.5. The highest BCUT2D eigenvalue weighted by Crippen LogP contribution is 2.32. The van der Waals surface area contributed by atoms with Crippen LogP contribution in [-0.4, -0.2) is 68.8 Å². The highest BCUT2D eigenvalue weighted by atomic mass is 16.6. The number of ether oxygens (including phenoxy) is 3. The molecule has 1 fully saturated rings. The van der Waals surface area contributed by atoms with Crippen LogP contribution in [0.1, 0.15) is 13.3 Å². The first-order chi connectivity index (χ1) is 12.7. The fourth-order valence-electron chi connectivity index (χ4n) is 2.96. The van der Waals surface area contributed by atoms with Crippen LogP contribution in [0.4, 0.5) is 5.69 Å². The molecule has 2 aliphatic rings. The number of carbonyl (C=O) groups is 2. The van der Waals surface area contributed by atoms with Gasteiger partial charge in [0.1, 0.15) is 13.2 Å². The van der Waals surface area contributed by atoms with E-state index in [2.05, 4.69) is 10.6 Å². The van der Waals surface area contributed by atoms with E-state index >= 15 is 0 Å².